The van der Waals surface area contributed by atoms with Gasteiger partial charge in [-0.3, -0.25) is 24.8 Å². The van der Waals surface area contributed by atoms with Crippen molar-refractivity contribution in [3.63, 3.8) is 0 Å². The molecule has 0 aromatic heterocycles. The Kier molecular flexibility index (Phi) is 7.70. The lowest BCUT2D eigenvalue weighted by Gasteiger charge is -2.31. The summed E-state index contributed by atoms with van der Waals surface area (Å²) in [5.41, 5.74) is 1.44. The third-order valence-electron chi connectivity index (χ3n) is 5.79. The molecule has 1 fully saturated rings. The van der Waals surface area contributed by atoms with Gasteiger partial charge in [-0.1, -0.05) is 12.1 Å². The number of non-ortho nitro benzene ring substituents is 1. The number of nitro groups is 1. The standard InChI is InChI=1S/C22H28N4O6/c1-14-18(21(27)31-3)20(16-5-4-6-17(13-16)26(29)30)19(15(2)24-14)22(28)32-12-11-25-9-7-23-8-10-25/h4-6,13,18,20,23H,7-12H2,1-3H3. The Bertz CT molecular complexity index is 951. The number of aliphatic imine (C=N–C) groups is 1. The predicted octanol–water partition coefficient (Wildman–Crippen LogP) is 1.66. The molecule has 2 aliphatic heterocycles. The van der Waals surface area contributed by atoms with Crippen LogP contribution >= 0.6 is 0 Å². The fourth-order valence-electron chi connectivity index (χ4n) is 4.21. The number of nitrogens with zero attached hydrogens (tertiary/aromatic N) is 3. The number of allylic oxidation sites excluding steroid dienone is 1. The van der Waals surface area contributed by atoms with E-state index in [0.717, 1.165) is 26.2 Å². The average molecular weight is 444 g/mol. The number of rotatable bonds is 7. The molecule has 0 spiro atoms. The number of carbonyl (C=O) groups excluding carboxylic acids is 2. The lowest BCUT2D eigenvalue weighted by molar-refractivity contribution is -0.384. The van der Waals surface area contributed by atoms with E-state index >= 15 is 0 Å². The summed E-state index contributed by atoms with van der Waals surface area (Å²) in [4.78, 5) is 43.2. The number of benzene rings is 1. The van der Waals surface area contributed by atoms with Crippen LogP contribution in [0.4, 0.5) is 5.69 Å². The van der Waals surface area contributed by atoms with Crippen molar-refractivity contribution in [2.45, 2.75) is 19.8 Å². The Morgan fingerprint density at radius 3 is 2.66 bits per heavy atom. The summed E-state index contributed by atoms with van der Waals surface area (Å²) in [5.74, 6) is -2.84. The SMILES string of the molecule is COC(=O)C1C(C)=NC(C)=C(C(=O)OCCN2CCNCC2)C1c1cccc([N+](=O)[O-])c1. The van der Waals surface area contributed by atoms with Crippen LogP contribution in [0.1, 0.15) is 25.3 Å². The molecule has 2 unspecified atom stereocenters. The van der Waals surface area contributed by atoms with Crippen LogP contribution in [-0.4, -0.2) is 73.9 Å². The number of methoxy groups -OCH3 is 1. The molecule has 10 heteroatoms. The first-order valence-corrected chi connectivity index (χ1v) is 10.5. The molecule has 1 N–H and O–H groups in total. The number of nitro benzene ring substituents is 1. The van der Waals surface area contributed by atoms with Crippen LogP contribution in [0, 0.1) is 16.0 Å². The monoisotopic (exact) mass is 444 g/mol. The van der Waals surface area contributed by atoms with Gasteiger partial charge < -0.3 is 14.8 Å². The van der Waals surface area contributed by atoms with Crippen molar-refractivity contribution in [1.82, 2.24) is 10.2 Å². The largest absolute Gasteiger partial charge is 0.468 e. The first-order chi connectivity index (χ1) is 15.3. The lowest BCUT2D eigenvalue weighted by Crippen LogP contribution is -2.44. The number of hydrogen-bond donors (Lipinski definition) is 1. The van der Waals surface area contributed by atoms with Crippen LogP contribution in [0.25, 0.3) is 0 Å². The van der Waals surface area contributed by atoms with E-state index in [9.17, 15) is 19.7 Å². The van der Waals surface area contributed by atoms with Gasteiger partial charge in [0, 0.05) is 62.2 Å². The van der Waals surface area contributed by atoms with Crippen LogP contribution in [0.2, 0.25) is 0 Å². The Labute approximate surface area is 186 Å². The molecule has 0 amide bonds. The maximum atomic E-state index is 13.1. The van der Waals surface area contributed by atoms with Gasteiger partial charge in [-0.25, -0.2) is 4.79 Å². The van der Waals surface area contributed by atoms with Gasteiger partial charge in [0.05, 0.1) is 17.6 Å². The molecule has 2 aliphatic rings. The van der Waals surface area contributed by atoms with Crippen molar-refractivity contribution < 1.29 is 24.0 Å². The summed E-state index contributed by atoms with van der Waals surface area (Å²) in [5, 5.41) is 14.6. The Morgan fingerprint density at radius 2 is 2.00 bits per heavy atom. The Hall–Kier alpha value is -3.11. The maximum Gasteiger partial charge on any atom is 0.336 e. The first-order valence-electron chi connectivity index (χ1n) is 10.5. The minimum atomic E-state index is -0.888. The summed E-state index contributed by atoms with van der Waals surface area (Å²) >= 11 is 0. The van der Waals surface area contributed by atoms with Crippen molar-refractivity contribution in [1.29, 1.82) is 0 Å². The fourth-order valence-corrected chi connectivity index (χ4v) is 4.21. The highest BCUT2D eigenvalue weighted by molar-refractivity contribution is 6.07. The summed E-state index contributed by atoms with van der Waals surface area (Å²) < 4.78 is 10.5. The van der Waals surface area contributed by atoms with Crippen LogP contribution in [0.5, 0.6) is 0 Å². The summed E-state index contributed by atoms with van der Waals surface area (Å²) in [6.45, 7) is 7.69. The predicted molar refractivity (Wildman–Crippen MR) is 117 cm³/mol. The zero-order chi connectivity index (χ0) is 23.3. The number of piperazine rings is 1. The molecule has 0 saturated carbocycles. The van der Waals surface area contributed by atoms with E-state index in [2.05, 4.69) is 15.2 Å². The van der Waals surface area contributed by atoms with Gasteiger partial charge in [0.25, 0.3) is 5.69 Å². The number of esters is 2. The van der Waals surface area contributed by atoms with E-state index in [-0.39, 0.29) is 17.9 Å². The zero-order valence-electron chi connectivity index (χ0n) is 18.5. The maximum absolute atomic E-state index is 13.1. The molecule has 3 rings (SSSR count). The second kappa shape index (κ2) is 10.5. The zero-order valence-corrected chi connectivity index (χ0v) is 18.5. The number of carbonyl (C=O) groups is 2. The van der Waals surface area contributed by atoms with E-state index in [1.54, 1.807) is 19.9 Å². The van der Waals surface area contributed by atoms with Crippen molar-refractivity contribution in [2.24, 2.45) is 10.9 Å². The number of hydrogen-bond acceptors (Lipinski definition) is 9. The number of nitrogens with one attached hydrogen (secondary N) is 1. The van der Waals surface area contributed by atoms with Gasteiger partial charge in [0.2, 0.25) is 0 Å². The third-order valence-corrected chi connectivity index (χ3v) is 5.79. The Morgan fingerprint density at radius 1 is 1.28 bits per heavy atom. The third kappa shape index (κ3) is 5.20. The number of ether oxygens (including phenoxy) is 2. The molecule has 10 nitrogen and oxygen atoms in total. The first kappa shape index (κ1) is 23.6. The quantitative estimate of drug-likeness (QED) is 0.383. The molecule has 0 bridgehead atoms. The molecule has 32 heavy (non-hydrogen) atoms. The van der Waals surface area contributed by atoms with Crippen molar-refractivity contribution in [2.75, 3.05) is 46.4 Å². The van der Waals surface area contributed by atoms with Gasteiger partial charge in [-0.05, 0) is 19.4 Å². The van der Waals surface area contributed by atoms with Crippen LogP contribution in [0.15, 0.2) is 40.5 Å². The molecule has 0 aliphatic carbocycles. The van der Waals surface area contributed by atoms with Crippen LogP contribution < -0.4 is 5.32 Å². The van der Waals surface area contributed by atoms with Gasteiger partial charge in [0.15, 0.2) is 0 Å². The van der Waals surface area contributed by atoms with E-state index in [0.29, 0.717) is 23.5 Å². The molecular formula is C22H28N4O6. The van der Waals surface area contributed by atoms with Crippen molar-refractivity contribution in [3.8, 4) is 0 Å². The van der Waals surface area contributed by atoms with Crippen molar-refractivity contribution >= 4 is 23.3 Å². The van der Waals surface area contributed by atoms with E-state index in [1.807, 2.05) is 0 Å². The van der Waals surface area contributed by atoms with E-state index in [1.165, 1.54) is 25.3 Å². The lowest BCUT2D eigenvalue weighted by atomic mass is 9.75. The highest BCUT2D eigenvalue weighted by Crippen LogP contribution is 2.40. The fraction of sp³-hybridized carbons (Fsp3) is 0.500. The van der Waals surface area contributed by atoms with Crippen LogP contribution in [0.3, 0.4) is 0 Å². The van der Waals surface area contributed by atoms with Gasteiger partial charge in [0.1, 0.15) is 12.5 Å². The van der Waals surface area contributed by atoms with Gasteiger partial charge in [-0.15, -0.1) is 0 Å². The minimum absolute atomic E-state index is 0.129. The summed E-state index contributed by atoms with van der Waals surface area (Å²) in [6, 6.07) is 5.93. The molecular weight excluding hydrogens is 416 g/mol. The van der Waals surface area contributed by atoms with Crippen molar-refractivity contribution in [3.05, 3.63) is 51.2 Å². The van der Waals surface area contributed by atoms with Crippen LogP contribution in [-0.2, 0) is 19.1 Å². The van der Waals surface area contributed by atoms with Gasteiger partial charge in [-0.2, -0.15) is 0 Å². The highest BCUT2D eigenvalue weighted by Gasteiger charge is 2.42. The summed E-state index contributed by atoms with van der Waals surface area (Å²) in [7, 11) is 1.26. The average Bonchev–Trinajstić information content (AvgIpc) is 2.78. The van der Waals surface area contributed by atoms with E-state index < -0.39 is 28.7 Å². The molecule has 2 heterocycles. The molecule has 1 aromatic rings. The molecule has 0 radical (unpaired) electrons. The normalized spacial score (nSPS) is 21.7. The Balaban J connectivity index is 1.91. The highest BCUT2D eigenvalue weighted by atomic mass is 16.6. The second-order valence-corrected chi connectivity index (χ2v) is 7.81. The molecule has 1 aromatic carbocycles. The van der Waals surface area contributed by atoms with Gasteiger partial charge >= 0.3 is 11.9 Å². The second-order valence-electron chi connectivity index (χ2n) is 7.81. The summed E-state index contributed by atoms with van der Waals surface area (Å²) in [6.07, 6.45) is 0. The molecule has 172 valence electrons. The van der Waals surface area contributed by atoms with E-state index in [4.69, 9.17) is 9.47 Å². The topological polar surface area (TPSA) is 123 Å². The minimum Gasteiger partial charge on any atom is -0.468 e. The molecule has 1 saturated heterocycles. The molecule has 2 atom stereocenters. The smallest absolute Gasteiger partial charge is 0.336 e.